The molecule has 0 atom stereocenters. The smallest absolute Gasteiger partial charge is 0.224 e. The lowest BCUT2D eigenvalue weighted by Crippen LogP contribution is -2.19. The Hall–Kier alpha value is -0.840. The zero-order valence-electron chi connectivity index (χ0n) is 10.6. The quantitative estimate of drug-likeness (QED) is 0.847. The second-order valence-electron chi connectivity index (χ2n) is 5.36. The molecule has 0 unspecified atom stereocenters. The molecule has 1 aromatic rings. The summed E-state index contributed by atoms with van der Waals surface area (Å²) in [5, 5.41) is 6.46. The molecule has 1 heterocycles. The molecule has 2 N–H and O–H groups in total. The Morgan fingerprint density at radius 1 is 1.33 bits per heavy atom. The highest BCUT2D eigenvalue weighted by Crippen LogP contribution is 2.49. The molecule has 0 aliphatic heterocycles. The van der Waals surface area contributed by atoms with E-state index in [0.29, 0.717) is 5.95 Å². The van der Waals surface area contributed by atoms with Gasteiger partial charge in [-0.15, -0.1) is 0 Å². The van der Waals surface area contributed by atoms with E-state index in [1.165, 1.54) is 25.7 Å². The molecule has 0 spiro atoms. The van der Waals surface area contributed by atoms with Crippen molar-refractivity contribution in [2.45, 2.75) is 25.7 Å². The van der Waals surface area contributed by atoms with Crippen LogP contribution >= 0.6 is 15.9 Å². The molecule has 4 nitrogen and oxygen atoms in total. The topological polar surface area (TPSA) is 49.8 Å². The standard InChI is InChI=1S/C13H19BrN4/c1-15-13-17-7-11(14)12(18-13)16-6-10(8-2-3-8)9-4-5-9/h7-10H,2-6H2,1H3,(H2,15,16,17,18). The molecule has 3 rings (SSSR count). The summed E-state index contributed by atoms with van der Waals surface area (Å²) in [5.74, 6) is 4.35. The summed E-state index contributed by atoms with van der Waals surface area (Å²) in [6.45, 7) is 1.05. The van der Waals surface area contributed by atoms with E-state index in [1.807, 2.05) is 7.05 Å². The average Bonchev–Trinajstić information content (AvgIpc) is 3.25. The van der Waals surface area contributed by atoms with Gasteiger partial charge >= 0.3 is 0 Å². The minimum atomic E-state index is 0.662. The lowest BCUT2D eigenvalue weighted by atomic mass is 9.98. The highest BCUT2D eigenvalue weighted by Gasteiger charge is 2.41. The minimum Gasteiger partial charge on any atom is -0.369 e. The van der Waals surface area contributed by atoms with Gasteiger partial charge in [-0.3, -0.25) is 0 Å². The first-order valence-electron chi connectivity index (χ1n) is 6.72. The third-order valence-electron chi connectivity index (χ3n) is 3.93. The van der Waals surface area contributed by atoms with Gasteiger partial charge in [-0.25, -0.2) is 4.98 Å². The third kappa shape index (κ3) is 2.76. The van der Waals surface area contributed by atoms with E-state index in [4.69, 9.17) is 0 Å². The fraction of sp³-hybridized carbons (Fsp3) is 0.692. The van der Waals surface area contributed by atoms with Crippen LogP contribution in [0.15, 0.2) is 10.7 Å². The maximum atomic E-state index is 4.44. The minimum absolute atomic E-state index is 0.662. The molecule has 2 fully saturated rings. The highest BCUT2D eigenvalue weighted by atomic mass is 79.9. The van der Waals surface area contributed by atoms with Crippen molar-refractivity contribution in [2.24, 2.45) is 17.8 Å². The first-order chi connectivity index (χ1) is 8.78. The number of rotatable bonds is 6. The summed E-state index contributed by atoms with van der Waals surface area (Å²) in [5.41, 5.74) is 0. The van der Waals surface area contributed by atoms with E-state index in [1.54, 1.807) is 6.20 Å². The van der Waals surface area contributed by atoms with Crippen molar-refractivity contribution >= 4 is 27.7 Å². The van der Waals surface area contributed by atoms with Gasteiger partial charge in [0.05, 0.1) is 4.47 Å². The Balaban J connectivity index is 1.64. The zero-order chi connectivity index (χ0) is 12.5. The van der Waals surface area contributed by atoms with Crippen LogP contribution in [0.2, 0.25) is 0 Å². The van der Waals surface area contributed by atoms with Gasteiger partial charge in [-0.1, -0.05) is 0 Å². The number of anilines is 2. The van der Waals surface area contributed by atoms with Crippen LogP contribution in [0.1, 0.15) is 25.7 Å². The van der Waals surface area contributed by atoms with E-state index in [9.17, 15) is 0 Å². The molecule has 1 aromatic heterocycles. The first-order valence-corrected chi connectivity index (χ1v) is 7.51. The van der Waals surface area contributed by atoms with E-state index in [-0.39, 0.29) is 0 Å². The monoisotopic (exact) mass is 310 g/mol. The van der Waals surface area contributed by atoms with Gasteiger partial charge in [0.1, 0.15) is 5.82 Å². The van der Waals surface area contributed by atoms with Crippen LogP contribution in [0.3, 0.4) is 0 Å². The predicted octanol–water partition coefficient (Wildman–Crippen LogP) is 3.13. The summed E-state index contributed by atoms with van der Waals surface area (Å²) in [6, 6.07) is 0. The van der Waals surface area contributed by atoms with Crippen molar-refractivity contribution in [3.8, 4) is 0 Å². The van der Waals surface area contributed by atoms with Crippen molar-refractivity contribution in [2.75, 3.05) is 24.2 Å². The number of hydrogen-bond donors (Lipinski definition) is 2. The molecule has 0 amide bonds. The largest absolute Gasteiger partial charge is 0.369 e. The molecule has 2 saturated carbocycles. The number of hydrogen-bond acceptors (Lipinski definition) is 4. The second kappa shape index (κ2) is 5.03. The summed E-state index contributed by atoms with van der Waals surface area (Å²) < 4.78 is 0.937. The molecular formula is C13H19BrN4. The lowest BCUT2D eigenvalue weighted by Gasteiger charge is -2.17. The van der Waals surface area contributed by atoms with Crippen molar-refractivity contribution in [1.82, 2.24) is 9.97 Å². The van der Waals surface area contributed by atoms with Gasteiger partial charge in [0.15, 0.2) is 0 Å². The summed E-state index contributed by atoms with van der Waals surface area (Å²) >= 11 is 3.50. The van der Waals surface area contributed by atoms with Crippen LogP contribution in [0.25, 0.3) is 0 Å². The summed E-state index contributed by atoms with van der Waals surface area (Å²) in [7, 11) is 1.84. The molecule has 0 saturated heterocycles. The van der Waals surface area contributed by atoms with Crippen LogP contribution < -0.4 is 10.6 Å². The Kier molecular flexibility index (Phi) is 3.41. The molecule has 0 bridgehead atoms. The van der Waals surface area contributed by atoms with Crippen molar-refractivity contribution in [3.05, 3.63) is 10.7 Å². The molecule has 2 aliphatic carbocycles. The van der Waals surface area contributed by atoms with E-state index in [2.05, 4.69) is 36.5 Å². The fourth-order valence-corrected chi connectivity index (χ4v) is 2.92. The number of aromatic nitrogens is 2. The Labute approximate surface area is 116 Å². The van der Waals surface area contributed by atoms with Crippen molar-refractivity contribution < 1.29 is 0 Å². The van der Waals surface area contributed by atoms with Crippen LogP contribution in [0.5, 0.6) is 0 Å². The number of halogens is 1. The van der Waals surface area contributed by atoms with Gasteiger partial charge in [0.2, 0.25) is 5.95 Å². The fourth-order valence-electron chi connectivity index (χ4n) is 2.59. The third-order valence-corrected chi connectivity index (χ3v) is 4.51. The molecule has 0 aromatic carbocycles. The molecular weight excluding hydrogens is 292 g/mol. The van der Waals surface area contributed by atoms with E-state index in [0.717, 1.165) is 34.6 Å². The lowest BCUT2D eigenvalue weighted by molar-refractivity contribution is 0.427. The van der Waals surface area contributed by atoms with Gasteiger partial charge in [-0.2, -0.15) is 4.98 Å². The molecule has 2 aliphatic rings. The Morgan fingerprint density at radius 2 is 2.00 bits per heavy atom. The molecule has 18 heavy (non-hydrogen) atoms. The van der Waals surface area contributed by atoms with Gasteiger partial charge in [0, 0.05) is 19.8 Å². The number of nitrogens with zero attached hydrogens (tertiary/aromatic N) is 2. The predicted molar refractivity (Wildman–Crippen MR) is 76.7 cm³/mol. The second-order valence-corrected chi connectivity index (χ2v) is 6.21. The maximum absolute atomic E-state index is 4.44. The number of nitrogens with one attached hydrogen (secondary N) is 2. The van der Waals surface area contributed by atoms with Gasteiger partial charge in [0.25, 0.3) is 0 Å². The van der Waals surface area contributed by atoms with Crippen LogP contribution in [-0.4, -0.2) is 23.6 Å². The zero-order valence-corrected chi connectivity index (χ0v) is 12.2. The van der Waals surface area contributed by atoms with Crippen LogP contribution in [-0.2, 0) is 0 Å². The highest BCUT2D eigenvalue weighted by molar-refractivity contribution is 9.10. The van der Waals surface area contributed by atoms with Crippen molar-refractivity contribution in [1.29, 1.82) is 0 Å². The van der Waals surface area contributed by atoms with Gasteiger partial charge in [-0.05, 0) is 59.4 Å². The summed E-state index contributed by atoms with van der Waals surface area (Å²) in [4.78, 5) is 8.61. The molecule has 5 heteroatoms. The van der Waals surface area contributed by atoms with Gasteiger partial charge < -0.3 is 10.6 Å². The first kappa shape index (κ1) is 12.2. The maximum Gasteiger partial charge on any atom is 0.224 e. The average molecular weight is 311 g/mol. The Bertz CT molecular complexity index is 417. The SMILES string of the molecule is CNc1ncc(Br)c(NCC(C2CC2)C2CC2)n1. The summed E-state index contributed by atoms with van der Waals surface area (Å²) in [6.07, 6.45) is 7.50. The normalized spacial score (nSPS) is 19.1. The van der Waals surface area contributed by atoms with Crippen LogP contribution in [0.4, 0.5) is 11.8 Å². The van der Waals surface area contributed by atoms with E-state index >= 15 is 0 Å². The van der Waals surface area contributed by atoms with Crippen molar-refractivity contribution in [3.63, 3.8) is 0 Å². The molecule has 0 radical (unpaired) electrons. The molecule has 98 valence electrons. The Morgan fingerprint density at radius 3 is 2.56 bits per heavy atom. The van der Waals surface area contributed by atoms with E-state index < -0.39 is 0 Å². The van der Waals surface area contributed by atoms with Crippen LogP contribution in [0, 0.1) is 17.8 Å².